The highest BCUT2D eigenvalue weighted by molar-refractivity contribution is 7.20. The second-order valence-electron chi connectivity index (χ2n) is 5.11. The molecule has 3 rings (SSSR count). The van der Waals surface area contributed by atoms with Gasteiger partial charge < -0.3 is 9.30 Å². The van der Waals surface area contributed by atoms with Crippen molar-refractivity contribution in [3.8, 4) is 0 Å². The molecule has 0 unspecified atom stereocenters. The van der Waals surface area contributed by atoms with Crippen LogP contribution >= 0.6 is 45.9 Å². The zero-order valence-electron chi connectivity index (χ0n) is 13.5. The molecule has 0 radical (unpaired) electrons. The van der Waals surface area contributed by atoms with Gasteiger partial charge in [0.1, 0.15) is 4.34 Å². The summed E-state index contributed by atoms with van der Waals surface area (Å²) in [5, 5.41) is 0. The number of carbonyl (C=O) groups excluding carboxylic acids is 2. The normalized spacial score (nSPS) is 11.7. The van der Waals surface area contributed by atoms with Crippen molar-refractivity contribution in [2.45, 2.75) is 6.54 Å². The number of allylic oxidation sites excluding steroid dienone is 1. The molecule has 0 atom stereocenters. The Morgan fingerprint density at radius 3 is 2.69 bits per heavy atom. The van der Waals surface area contributed by atoms with E-state index in [0.717, 1.165) is 21.6 Å². The molecule has 5 nitrogen and oxygen atoms in total. The third-order valence-corrected chi connectivity index (χ3v) is 6.03. The minimum Gasteiger partial charge on any atom is -0.465 e. The topological polar surface area (TPSA) is 60.7 Å². The van der Waals surface area contributed by atoms with Crippen LogP contribution in [0.15, 0.2) is 41.9 Å². The molecule has 0 N–H and O–H groups in total. The Hall–Kier alpha value is -1.93. The van der Waals surface area contributed by atoms with Gasteiger partial charge in [0.05, 0.1) is 32.8 Å². The number of esters is 1. The number of halogens is 2. The van der Waals surface area contributed by atoms with E-state index in [1.54, 1.807) is 24.3 Å². The van der Waals surface area contributed by atoms with Gasteiger partial charge in [0.15, 0.2) is 4.80 Å². The fourth-order valence-electron chi connectivity index (χ4n) is 2.34. The standard InChI is InChI=1S/C17H12Cl2N2O3S2/c1-3-6-21-11-5-4-9(16(23)24-2)7-12(11)25-17(21)20-15(22)10-8-13(18)26-14(10)19/h3-5,7-8H,1,6H2,2H3. The molecule has 0 aliphatic heterocycles. The van der Waals surface area contributed by atoms with Crippen LogP contribution in [0.5, 0.6) is 0 Å². The monoisotopic (exact) mass is 426 g/mol. The molecule has 3 aromatic rings. The third-order valence-electron chi connectivity index (χ3n) is 3.50. The summed E-state index contributed by atoms with van der Waals surface area (Å²) in [6, 6.07) is 6.67. The quantitative estimate of drug-likeness (QED) is 0.445. The summed E-state index contributed by atoms with van der Waals surface area (Å²) in [5.74, 6) is -0.902. The molecule has 2 heterocycles. The van der Waals surface area contributed by atoms with Gasteiger partial charge >= 0.3 is 5.97 Å². The molecular formula is C17H12Cl2N2O3S2. The molecule has 0 bridgehead atoms. The van der Waals surface area contributed by atoms with Crippen molar-refractivity contribution >= 4 is 68.0 Å². The van der Waals surface area contributed by atoms with Gasteiger partial charge in [-0.15, -0.1) is 17.9 Å². The smallest absolute Gasteiger partial charge is 0.337 e. The first kappa shape index (κ1) is 18.8. The minimum atomic E-state index is -0.476. The molecule has 0 spiro atoms. The average molecular weight is 427 g/mol. The number of amides is 1. The van der Waals surface area contributed by atoms with E-state index in [-0.39, 0.29) is 5.56 Å². The van der Waals surface area contributed by atoms with E-state index >= 15 is 0 Å². The lowest BCUT2D eigenvalue weighted by Crippen LogP contribution is -2.16. The van der Waals surface area contributed by atoms with Gasteiger partial charge in [-0.2, -0.15) is 4.99 Å². The molecule has 0 saturated heterocycles. The first-order valence-electron chi connectivity index (χ1n) is 7.31. The van der Waals surface area contributed by atoms with E-state index in [9.17, 15) is 9.59 Å². The SMILES string of the molecule is C=CCn1c(=NC(=O)c2cc(Cl)sc2Cl)sc2cc(C(=O)OC)ccc21. The fraction of sp³-hybridized carbons (Fsp3) is 0.118. The summed E-state index contributed by atoms with van der Waals surface area (Å²) in [6.07, 6.45) is 1.71. The maximum atomic E-state index is 12.5. The minimum absolute atomic E-state index is 0.263. The Morgan fingerprint density at radius 1 is 1.31 bits per heavy atom. The van der Waals surface area contributed by atoms with Crippen molar-refractivity contribution in [2.24, 2.45) is 4.99 Å². The summed E-state index contributed by atoms with van der Waals surface area (Å²) >= 11 is 14.3. The number of carbonyl (C=O) groups is 2. The molecule has 26 heavy (non-hydrogen) atoms. The van der Waals surface area contributed by atoms with Crippen LogP contribution in [-0.4, -0.2) is 23.6 Å². The second-order valence-corrected chi connectivity index (χ2v) is 8.41. The number of nitrogens with zero attached hydrogens (tertiary/aromatic N) is 2. The van der Waals surface area contributed by atoms with Crippen LogP contribution in [0.2, 0.25) is 8.67 Å². The van der Waals surface area contributed by atoms with Gasteiger partial charge in [-0.1, -0.05) is 40.6 Å². The lowest BCUT2D eigenvalue weighted by molar-refractivity contribution is 0.0601. The van der Waals surface area contributed by atoms with Gasteiger partial charge in [0.2, 0.25) is 0 Å². The van der Waals surface area contributed by atoms with Crippen LogP contribution in [0.1, 0.15) is 20.7 Å². The molecule has 0 aliphatic rings. The highest BCUT2D eigenvalue weighted by atomic mass is 35.5. The van der Waals surface area contributed by atoms with Crippen molar-refractivity contribution in [1.29, 1.82) is 0 Å². The van der Waals surface area contributed by atoms with Gasteiger partial charge in [-0.3, -0.25) is 4.79 Å². The van der Waals surface area contributed by atoms with Gasteiger partial charge in [-0.05, 0) is 24.3 Å². The van der Waals surface area contributed by atoms with Crippen molar-refractivity contribution in [2.75, 3.05) is 7.11 Å². The van der Waals surface area contributed by atoms with Crippen molar-refractivity contribution < 1.29 is 14.3 Å². The van der Waals surface area contributed by atoms with Crippen LogP contribution in [0.25, 0.3) is 10.2 Å². The number of rotatable bonds is 4. The molecule has 134 valence electrons. The summed E-state index contributed by atoms with van der Waals surface area (Å²) in [4.78, 5) is 28.9. The molecule has 0 fully saturated rings. The Bertz CT molecular complexity index is 1100. The number of benzene rings is 1. The molecule has 1 amide bonds. The number of hydrogen-bond acceptors (Lipinski definition) is 5. The molecule has 1 aromatic carbocycles. The molecule has 2 aromatic heterocycles. The van der Waals surface area contributed by atoms with E-state index < -0.39 is 11.9 Å². The van der Waals surface area contributed by atoms with Crippen LogP contribution < -0.4 is 4.80 Å². The zero-order chi connectivity index (χ0) is 18.8. The molecule has 0 aliphatic carbocycles. The first-order chi connectivity index (χ1) is 12.4. The summed E-state index contributed by atoms with van der Waals surface area (Å²) < 4.78 is 8.11. The van der Waals surface area contributed by atoms with E-state index in [4.69, 9.17) is 27.9 Å². The third kappa shape index (κ3) is 3.61. The highest BCUT2D eigenvalue weighted by Gasteiger charge is 2.15. The Labute approximate surface area is 166 Å². The molecule has 0 saturated carbocycles. The number of methoxy groups -OCH3 is 1. The van der Waals surface area contributed by atoms with Crippen molar-refractivity contribution in [1.82, 2.24) is 4.57 Å². The van der Waals surface area contributed by atoms with Crippen LogP contribution in [-0.2, 0) is 11.3 Å². The first-order valence-corrected chi connectivity index (χ1v) is 9.70. The number of hydrogen-bond donors (Lipinski definition) is 0. The maximum absolute atomic E-state index is 12.5. The highest BCUT2D eigenvalue weighted by Crippen LogP contribution is 2.31. The predicted molar refractivity (Wildman–Crippen MR) is 106 cm³/mol. The van der Waals surface area contributed by atoms with Gasteiger partial charge in [0, 0.05) is 6.54 Å². The van der Waals surface area contributed by atoms with E-state index in [2.05, 4.69) is 11.6 Å². The summed E-state index contributed by atoms with van der Waals surface area (Å²) in [5.41, 5.74) is 1.53. The Morgan fingerprint density at radius 2 is 2.08 bits per heavy atom. The number of fused-ring (bicyclic) bond motifs is 1. The van der Waals surface area contributed by atoms with Crippen LogP contribution in [0.4, 0.5) is 0 Å². The maximum Gasteiger partial charge on any atom is 0.337 e. The van der Waals surface area contributed by atoms with E-state index in [0.29, 0.717) is 25.6 Å². The Balaban J connectivity index is 2.16. The lowest BCUT2D eigenvalue weighted by atomic mass is 10.2. The fourth-order valence-corrected chi connectivity index (χ4v) is 4.87. The van der Waals surface area contributed by atoms with Crippen molar-refractivity contribution in [3.63, 3.8) is 0 Å². The number of thiazole rings is 1. The lowest BCUT2D eigenvalue weighted by Gasteiger charge is -2.02. The number of ether oxygens (including phenoxy) is 1. The summed E-state index contributed by atoms with van der Waals surface area (Å²) in [6.45, 7) is 4.20. The zero-order valence-corrected chi connectivity index (χ0v) is 16.6. The van der Waals surface area contributed by atoms with E-state index in [1.807, 2.05) is 4.57 Å². The van der Waals surface area contributed by atoms with Crippen LogP contribution in [0, 0.1) is 0 Å². The molecular weight excluding hydrogens is 415 g/mol. The van der Waals surface area contributed by atoms with Crippen LogP contribution in [0.3, 0.4) is 0 Å². The van der Waals surface area contributed by atoms with Gasteiger partial charge in [-0.25, -0.2) is 4.79 Å². The van der Waals surface area contributed by atoms with Gasteiger partial charge in [0.25, 0.3) is 5.91 Å². The predicted octanol–water partition coefficient (Wildman–Crippen LogP) is 4.78. The average Bonchev–Trinajstić information content (AvgIpc) is 3.13. The summed E-state index contributed by atoms with van der Waals surface area (Å²) in [7, 11) is 1.33. The Kier molecular flexibility index (Phi) is 5.62. The number of aromatic nitrogens is 1. The number of thiophene rings is 1. The van der Waals surface area contributed by atoms with Crippen molar-refractivity contribution in [3.05, 3.63) is 61.5 Å². The largest absolute Gasteiger partial charge is 0.465 e. The second kappa shape index (κ2) is 7.75. The molecule has 9 heteroatoms. The van der Waals surface area contributed by atoms with E-state index in [1.165, 1.54) is 24.5 Å².